The maximum absolute atomic E-state index is 12.6. The average molecular weight is 348 g/mol. The second kappa shape index (κ2) is 8.31. The largest absolute Gasteiger partial charge is 0.325 e. The molecule has 24 heavy (non-hydrogen) atoms. The fourth-order valence-electron chi connectivity index (χ4n) is 2.07. The van der Waals surface area contributed by atoms with Gasteiger partial charge in [-0.15, -0.1) is 0 Å². The fraction of sp³-hybridized carbons (Fsp3) is 0.176. The molecule has 0 aromatic heterocycles. The number of benzene rings is 2. The summed E-state index contributed by atoms with van der Waals surface area (Å²) < 4.78 is 37.3. The molecule has 0 heterocycles. The van der Waals surface area contributed by atoms with Crippen LogP contribution in [0.4, 0.5) is 14.5 Å². The Morgan fingerprint density at radius 3 is 2.67 bits per heavy atom. The molecule has 0 spiro atoms. The predicted molar refractivity (Wildman–Crippen MR) is 87.9 cm³/mol. The van der Waals surface area contributed by atoms with E-state index in [1.165, 1.54) is 24.3 Å². The number of hydrogen-bond donors (Lipinski definition) is 1. The number of nitrogens with one attached hydrogen (secondary N) is 1. The number of nitrogens with zero attached hydrogens (tertiary/aromatic N) is 1. The summed E-state index contributed by atoms with van der Waals surface area (Å²) in [5.74, 6) is -0.699. The molecule has 7 heteroatoms. The minimum absolute atomic E-state index is 0.0201. The van der Waals surface area contributed by atoms with Crippen molar-refractivity contribution in [3.05, 3.63) is 65.2 Å². The Bertz CT molecular complexity index is 803. The van der Waals surface area contributed by atoms with Crippen molar-refractivity contribution in [2.45, 2.75) is 12.2 Å². The summed E-state index contributed by atoms with van der Waals surface area (Å²) in [6.07, 6.45) is -2.59. The molecule has 0 saturated carbocycles. The summed E-state index contributed by atoms with van der Waals surface area (Å²) >= 11 is 0. The summed E-state index contributed by atoms with van der Waals surface area (Å²) in [5.41, 5.74) is 1.20. The monoisotopic (exact) mass is 348 g/mol. The van der Waals surface area contributed by atoms with Gasteiger partial charge in [0.15, 0.2) is 0 Å². The highest BCUT2D eigenvalue weighted by atomic mass is 32.2. The zero-order valence-electron chi connectivity index (χ0n) is 12.5. The Morgan fingerprint density at radius 2 is 1.96 bits per heavy atom. The molecule has 0 fully saturated rings. The average Bonchev–Trinajstić information content (AvgIpc) is 2.54. The van der Waals surface area contributed by atoms with Crippen LogP contribution in [0.15, 0.2) is 48.5 Å². The lowest BCUT2D eigenvalue weighted by Gasteiger charge is -2.07. The molecular formula is C17H14F2N2O2S. The van der Waals surface area contributed by atoms with E-state index in [0.717, 1.165) is 0 Å². The van der Waals surface area contributed by atoms with Gasteiger partial charge in [0.1, 0.15) is 5.75 Å². The molecule has 124 valence electrons. The van der Waals surface area contributed by atoms with Crippen molar-refractivity contribution < 1.29 is 17.8 Å². The maximum atomic E-state index is 12.6. The highest BCUT2D eigenvalue weighted by molar-refractivity contribution is 7.84. The second-order valence-corrected chi connectivity index (χ2v) is 6.47. The highest BCUT2D eigenvalue weighted by Gasteiger charge is 2.12. The van der Waals surface area contributed by atoms with Gasteiger partial charge in [0.25, 0.3) is 6.43 Å². The third-order valence-electron chi connectivity index (χ3n) is 3.10. The fourth-order valence-corrected chi connectivity index (χ4v) is 3.08. The Hall–Kier alpha value is -2.59. The van der Waals surface area contributed by atoms with Crippen molar-refractivity contribution in [1.29, 1.82) is 5.26 Å². The normalized spacial score (nSPS) is 11.8. The standard InChI is InChI=1S/C17H14F2N2O2S/c18-17(19)14-5-1-4-13(7-14)10-24(23)11-16(22)21-15-6-2-3-12(8-15)9-20/h1-8,17H,10-11H2,(H,21,22). The van der Waals surface area contributed by atoms with Crippen LogP contribution >= 0.6 is 0 Å². The number of hydrogen-bond acceptors (Lipinski definition) is 3. The number of amides is 1. The summed E-state index contributed by atoms with van der Waals surface area (Å²) in [6, 6.07) is 14.0. The number of alkyl halides is 2. The second-order valence-electron chi connectivity index (χ2n) is 5.02. The first-order chi connectivity index (χ1) is 11.5. The SMILES string of the molecule is N#Cc1cccc(NC(=O)CS(=O)Cc2cccc(C(F)F)c2)c1. The number of rotatable bonds is 6. The molecule has 0 aliphatic heterocycles. The minimum atomic E-state index is -2.59. The van der Waals surface area contributed by atoms with Crippen LogP contribution in [-0.4, -0.2) is 15.9 Å². The van der Waals surface area contributed by atoms with E-state index >= 15 is 0 Å². The zero-order chi connectivity index (χ0) is 17.5. The molecule has 2 aromatic carbocycles. The van der Waals surface area contributed by atoms with Gasteiger partial charge >= 0.3 is 0 Å². The first-order valence-corrected chi connectivity index (χ1v) is 8.48. The molecule has 4 nitrogen and oxygen atoms in total. The van der Waals surface area contributed by atoms with Crippen molar-refractivity contribution in [3.8, 4) is 6.07 Å². The minimum Gasteiger partial charge on any atom is -0.325 e. The lowest BCUT2D eigenvalue weighted by atomic mass is 10.1. The zero-order valence-corrected chi connectivity index (χ0v) is 13.4. The van der Waals surface area contributed by atoms with E-state index < -0.39 is 23.1 Å². The van der Waals surface area contributed by atoms with Crippen LogP contribution in [0, 0.1) is 11.3 Å². The quantitative estimate of drug-likeness (QED) is 0.870. The van der Waals surface area contributed by atoms with Crippen LogP contribution in [0.5, 0.6) is 0 Å². The molecule has 0 saturated heterocycles. The van der Waals surface area contributed by atoms with Gasteiger partial charge in [0.2, 0.25) is 5.91 Å². The predicted octanol–water partition coefficient (Wildman–Crippen LogP) is 3.38. The van der Waals surface area contributed by atoms with Crippen LogP contribution in [-0.2, 0) is 21.3 Å². The summed E-state index contributed by atoms with van der Waals surface area (Å²) in [4.78, 5) is 11.9. The van der Waals surface area contributed by atoms with Crippen molar-refractivity contribution in [2.75, 3.05) is 11.1 Å². The molecule has 1 amide bonds. The van der Waals surface area contributed by atoms with Crippen LogP contribution in [0.3, 0.4) is 0 Å². The van der Waals surface area contributed by atoms with Crippen LogP contribution < -0.4 is 5.32 Å². The molecule has 0 aliphatic carbocycles. The van der Waals surface area contributed by atoms with E-state index in [9.17, 15) is 17.8 Å². The number of halogens is 2. The molecule has 1 unspecified atom stereocenters. The van der Waals surface area contributed by atoms with E-state index in [2.05, 4.69) is 5.32 Å². The first kappa shape index (κ1) is 17.8. The van der Waals surface area contributed by atoms with Crippen LogP contribution in [0.2, 0.25) is 0 Å². The van der Waals surface area contributed by atoms with Crippen LogP contribution in [0.1, 0.15) is 23.1 Å². The number of carbonyl (C=O) groups is 1. The Kier molecular flexibility index (Phi) is 6.15. The van der Waals surface area contributed by atoms with Gasteiger partial charge in [-0.2, -0.15) is 5.26 Å². The molecule has 2 rings (SSSR count). The van der Waals surface area contributed by atoms with Gasteiger partial charge < -0.3 is 5.32 Å². The third-order valence-corrected chi connectivity index (χ3v) is 4.34. The van der Waals surface area contributed by atoms with Gasteiger partial charge in [-0.3, -0.25) is 9.00 Å². The van der Waals surface area contributed by atoms with Gasteiger partial charge in [-0.05, 0) is 29.8 Å². The molecule has 0 radical (unpaired) electrons. The van der Waals surface area contributed by atoms with Crippen molar-refractivity contribution in [2.24, 2.45) is 0 Å². The number of carbonyl (C=O) groups excluding carboxylic acids is 1. The van der Waals surface area contributed by atoms with Gasteiger partial charge in [-0.25, -0.2) is 8.78 Å². The van der Waals surface area contributed by atoms with E-state index in [1.54, 1.807) is 24.3 Å². The summed E-state index contributed by atoms with van der Waals surface area (Å²) in [6.45, 7) is 0. The lowest BCUT2D eigenvalue weighted by molar-refractivity contribution is -0.113. The molecule has 2 aromatic rings. The lowest BCUT2D eigenvalue weighted by Crippen LogP contribution is -2.20. The Labute approximate surface area is 140 Å². The summed E-state index contributed by atoms with van der Waals surface area (Å²) in [7, 11) is -1.53. The van der Waals surface area contributed by atoms with E-state index in [0.29, 0.717) is 16.8 Å². The molecule has 1 atom stereocenters. The smallest absolute Gasteiger partial charge is 0.263 e. The topological polar surface area (TPSA) is 70.0 Å². The van der Waals surface area contributed by atoms with Gasteiger partial charge in [-0.1, -0.05) is 24.3 Å². The van der Waals surface area contributed by atoms with Gasteiger partial charge in [0, 0.05) is 27.8 Å². The van der Waals surface area contributed by atoms with Crippen molar-refractivity contribution >= 4 is 22.4 Å². The van der Waals surface area contributed by atoms with E-state index in [-0.39, 0.29) is 17.1 Å². The number of anilines is 1. The maximum Gasteiger partial charge on any atom is 0.263 e. The first-order valence-electron chi connectivity index (χ1n) is 7.00. The van der Waals surface area contributed by atoms with E-state index in [4.69, 9.17) is 5.26 Å². The van der Waals surface area contributed by atoms with Crippen molar-refractivity contribution in [3.63, 3.8) is 0 Å². The number of nitriles is 1. The Balaban J connectivity index is 1.93. The van der Waals surface area contributed by atoms with Crippen LogP contribution in [0.25, 0.3) is 0 Å². The molecular weight excluding hydrogens is 334 g/mol. The Morgan fingerprint density at radius 1 is 1.21 bits per heavy atom. The summed E-state index contributed by atoms with van der Waals surface area (Å²) in [5, 5.41) is 11.4. The third kappa shape index (κ3) is 5.25. The van der Waals surface area contributed by atoms with Gasteiger partial charge in [0.05, 0.1) is 11.6 Å². The molecule has 1 N–H and O–H groups in total. The van der Waals surface area contributed by atoms with E-state index in [1.807, 2.05) is 6.07 Å². The van der Waals surface area contributed by atoms with Crippen molar-refractivity contribution in [1.82, 2.24) is 0 Å². The molecule has 0 bridgehead atoms. The highest BCUT2D eigenvalue weighted by Crippen LogP contribution is 2.20. The molecule has 0 aliphatic rings.